The molecule has 0 spiro atoms. The van der Waals surface area contributed by atoms with Crippen LogP contribution in [-0.2, 0) is 9.59 Å². The maximum Gasteiger partial charge on any atom is 0.300 e. The van der Waals surface area contributed by atoms with Crippen LogP contribution in [0.15, 0.2) is 78.6 Å². The van der Waals surface area contributed by atoms with Crippen molar-refractivity contribution in [3.8, 4) is 5.75 Å². The number of ketones is 1. The number of aliphatic hydroxyl groups is 1. The number of amides is 1. The molecule has 1 atom stereocenters. The van der Waals surface area contributed by atoms with Crippen LogP contribution in [0.1, 0.15) is 22.7 Å². The van der Waals surface area contributed by atoms with E-state index in [0.29, 0.717) is 22.6 Å². The van der Waals surface area contributed by atoms with E-state index < -0.39 is 17.7 Å². The van der Waals surface area contributed by atoms with Crippen LogP contribution in [0.2, 0.25) is 0 Å². The molecule has 1 N–H and O–H groups in total. The number of carbonyl (C=O) groups excluding carboxylic acids is 2. The highest BCUT2D eigenvalue weighted by Crippen LogP contribution is 2.42. The molecule has 1 saturated heterocycles. The Morgan fingerprint density at radius 3 is 2.40 bits per heavy atom. The Hall–Kier alpha value is -3.93. The molecule has 0 aliphatic carbocycles. The van der Waals surface area contributed by atoms with Gasteiger partial charge in [0.25, 0.3) is 11.7 Å². The normalized spacial score (nSPS) is 17.9. The van der Waals surface area contributed by atoms with Crippen molar-refractivity contribution in [3.63, 3.8) is 0 Å². The Kier molecular flexibility index (Phi) is 5.06. The Morgan fingerprint density at radius 2 is 1.77 bits per heavy atom. The van der Waals surface area contributed by atoms with Gasteiger partial charge < -0.3 is 9.84 Å². The minimum Gasteiger partial charge on any atom is -0.507 e. The first-order valence-electron chi connectivity index (χ1n) is 9.44. The molecule has 2 aromatic carbocycles. The highest BCUT2D eigenvalue weighted by atomic mass is 16.5. The van der Waals surface area contributed by atoms with Crippen LogP contribution in [0.25, 0.3) is 5.76 Å². The molecule has 3 aromatic rings. The summed E-state index contributed by atoms with van der Waals surface area (Å²) in [5, 5.41) is 11.1. The first-order chi connectivity index (χ1) is 14.5. The molecule has 0 saturated carbocycles. The van der Waals surface area contributed by atoms with Gasteiger partial charge in [-0.1, -0.05) is 24.3 Å². The largest absolute Gasteiger partial charge is 0.507 e. The highest BCUT2D eigenvalue weighted by molar-refractivity contribution is 6.51. The first kappa shape index (κ1) is 19.4. The van der Waals surface area contributed by atoms with Gasteiger partial charge in [0.15, 0.2) is 0 Å². The van der Waals surface area contributed by atoms with E-state index in [-0.39, 0.29) is 11.3 Å². The van der Waals surface area contributed by atoms with E-state index in [2.05, 4.69) is 4.98 Å². The molecule has 0 radical (unpaired) electrons. The maximum absolute atomic E-state index is 13.1. The molecule has 2 heterocycles. The fourth-order valence-electron chi connectivity index (χ4n) is 3.67. The van der Waals surface area contributed by atoms with Crippen molar-refractivity contribution >= 4 is 23.1 Å². The molecular formula is C24H20N2O4. The zero-order valence-corrected chi connectivity index (χ0v) is 16.6. The molecule has 1 unspecified atom stereocenters. The third-order valence-electron chi connectivity index (χ3n) is 5.18. The topological polar surface area (TPSA) is 79.7 Å². The van der Waals surface area contributed by atoms with Crippen molar-refractivity contribution in [1.29, 1.82) is 0 Å². The number of hydrogen-bond acceptors (Lipinski definition) is 5. The number of aryl methyl sites for hydroxylation is 1. The molecule has 30 heavy (non-hydrogen) atoms. The molecule has 1 aliphatic heterocycles. The van der Waals surface area contributed by atoms with E-state index >= 15 is 0 Å². The summed E-state index contributed by atoms with van der Waals surface area (Å²) in [5.74, 6) is -1.04. The van der Waals surface area contributed by atoms with E-state index in [1.165, 1.54) is 4.90 Å². The van der Waals surface area contributed by atoms with Crippen molar-refractivity contribution < 1.29 is 19.4 Å². The van der Waals surface area contributed by atoms with Gasteiger partial charge in [0.1, 0.15) is 11.5 Å². The van der Waals surface area contributed by atoms with E-state index in [0.717, 1.165) is 5.56 Å². The van der Waals surface area contributed by atoms with E-state index in [1.54, 1.807) is 62.0 Å². The molecule has 1 aromatic heterocycles. The number of carbonyl (C=O) groups is 2. The van der Waals surface area contributed by atoms with Gasteiger partial charge in [0.2, 0.25) is 0 Å². The van der Waals surface area contributed by atoms with Gasteiger partial charge in [-0.2, -0.15) is 0 Å². The quantitative estimate of drug-likeness (QED) is 0.406. The number of hydrogen-bond donors (Lipinski definition) is 1. The van der Waals surface area contributed by atoms with Crippen LogP contribution in [0.5, 0.6) is 5.75 Å². The van der Waals surface area contributed by atoms with Gasteiger partial charge in [-0.05, 0) is 54.4 Å². The fraction of sp³-hybridized carbons (Fsp3) is 0.125. The Bertz CT molecular complexity index is 1140. The summed E-state index contributed by atoms with van der Waals surface area (Å²) in [6.07, 6.45) is 3.22. The lowest BCUT2D eigenvalue weighted by atomic mass is 9.96. The summed E-state index contributed by atoms with van der Waals surface area (Å²) in [6, 6.07) is 16.7. The number of anilines is 1. The predicted octanol–water partition coefficient (Wildman–Crippen LogP) is 4.02. The summed E-state index contributed by atoms with van der Waals surface area (Å²) in [4.78, 5) is 31.7. The third-order valence-corrected chi connectivity index (χ3v) is 5.18. The van der Waals surface area contributed by atoms with Gasteiger partial charge >= 0.3 is 0 Å². The Morgan fingerprint density at radius 1 is 1.03 bits per heavy atom. The molecule has 6 heteroatoms. The third kappa shape index (κ3) is 3.22. The average Bonchev–Trinajstić information content (AvgIpc) is 3.05. The summed E-state index contributed by atoms with van der Waals surface area (Å²) in [6.45, 7) is 1.87. The van der Waals surface area contributed by atoms with Crippen LogP contribution >= 0.6 is 0 Å². The van der Waals surface area contributed by atoms with Gasteiger partial charge in [-0.25, -0.2) is 0 Å². The second-order valence-corrected chi connectivity index (χ2v) is 6.97. The lowest BCUT2D eigenvalue weighted by molar-refractivity contribution is -0.132. The number of aromatic nitrogens is 1. The highest BCUT2D eigenvalue weighted by Gasteiger charge is 2.47. The lowest BCUT2D eigenvalue weighted by Crippen LogP contribution is -2.30. The lowest BCUT2D eigenvalue weighted by Gasteiger charge is -2.26. The molecule has 1 fully saturated rings. The van der Waals surface area contributed by atoms with Crippen molar-refractivity contribution in [2.24, 2.45) is 0 Å². The minimum absolute atomic E-state index is 0.0291. The van der Waals surface area contributed by atoms with E-state index in [1.807, 2.05) is 25.1 Å². The second kappa shape index (κ2) is 7.83. The molecule has 1 aliphatic rings. The van der Waals surface area contributed by atoms with Crippen LogP contribution in [0.3, 0.4) is 0 Å². The zero-order valence-electron chi connectivity index (χ0n) is 16.6. The average molecular weight is 400 g/mol. The SMILES string of the molecule is COc1ccc(/C(O)=C2\C(=O)C(=O)N(c3ccccc3C)C2c2cccnc2)cc1. The molecule has 4 rings (SSSR count). The summed E-state index contributed by atoms with van der Waals surface area (Å²) in [7, 11) is 1.55. The Labute approximate surface area is 174 Å². The maximum atomic E-state index is 13.1. The van der Waals surface area contributed by atoms with Crippen molar-refractivity contribution in [2.75, 3.05) is 12.0 Å². The van der Waals surface area contributed by atoms with E-state index in [9.17, 15) is 14.7 Å². The number of ether oxygens (including phenoxy) is 1. The van der Waals surface area contributed by atoms with Crippen LogP contribution in [-0.4, -0.2) is 28.9 Å². The number of methoxy groups -OCH3 is 1. The standard InChI is InChI=1S/C24H20N2O4/c1-15-6-3-4-8-19(15)26-21(17-7-5-13-25-14-17)20(23(28)24(26)29)22(27)16-9-11-18(30-2)12-10-16/h3-14,21,27H,1-2H3/b22-20+. The number of pyridine rings is 1. The van der Waals surface area contributed by atoms with Crippen molar-refractivity contribution in [2.45, 2.75) is 13.0 Å². The second-order valence-electron chi connectivity index (χ2n) is 6.97. The van der Waals surface area contributed by atoms with Crippen molar-refractivity contribution in [1.82, 2.24) is 4.98 Å². The molecule has 6 nitrogen and oxygen atoms in total. The van der Waals surface area contributed by atoms with Gasteiger partial charge in [-0.15, -0.1) is 0 Å². The smallest absolute Gasteiger partial charge is 0.300 e. The number of nitrogens with zero attached hydrogens (tertiary/aromatic N) is 2. The van der Waals surface area contributed by atoms with Crippen LogP contribution in [0.4, 0.5) is 5.69 Å². The Balaban J connectivity index is 1.93. The van der Waals surface area contributed by atoms with E-state index in [4.69, 9.17) is 4.74 Å². The number of para-hydroxylation sites is 1. The predicted molar refractivity (Wildman–Crippen MR) is 113 cm³/mol. The summed E-state index contributed by atoms with van der Waals surface area (Å²) in [5.41, 5.74) is 2.55. The van der Waals surface area contributed by atoms with Crippen LogP contribution in [0, 0.1) is 6.92 Å². The van der Waals surface area contributed by atoms with Gasteiger partial charge in [-0.3, -0.25) is 19.5 Å². The minimum atomic E-state index is -0.790. The van der Waals surface area contributed by atoms with Crippen LogP contribution < -0.4 is 9.64 Å². The monoisotopic (exact) mass is 400 g/mol. The molecular weight excluding hydrogens is 380 g/mol. The fourth-order valence-corrected chi connectivity index (χ4v) is 3.67. The summed E-state index contributed by atoms with van der Waals surface area (Å²) >= 11 is 0. The number of benzene rings is 2. The number of Topliss-reactive ketones (excluding diaryl/α,β-unsaturated/α-hetero) is 1. The number of aliphatic hydroxyl groups excluding tert-OH is 1. The van der Waals surface area contributed by atoms with Gasteiger partial charge in [0, 0.05) is 23.6 Å². The van der Waals surface area contributed by atoms with Crippen molar-refractivity contribution in [3.05, 3.63) is 95.3 Å². The first-order valence-corrected chi connectivity index (χ1v) is 9.44. The molecule has 1 amide bonds. The summed E-state index contributed by atoms with van der Waals surface area (Å²) < 4.78 is 5.16. The number of rotatable bonds is 4. The van der Waals surface area contributed by atoms with Gasteiger partial charge in [0.05, 0.1) is 18.7 Å². The molecule has 0 bridgehead atoms. The zero-order chi connectivity index (χ0) is 21.3. The molecule has 150 valence electrons.